The fourth-order valence-corrected chi connectivity index (χ4v) is 37.1. The van der Waals surface area contributed by atoms with Gasteiger partial charge < -0.3 is 47.4 Å². The van der Waals surface area contributed by atoms with E-state index in [2.05, 4.69) is 132 Å². The van der Waals surface area contributed by atoms with Gasteiger partial charge in [-0.3, -0.25) is 0 Å². The number of hydrogen-bond acceptors (Lipinski definition) is 10. The van der Waals surface area contributed by atoms with Crippen molar-refractivity contribution in [3.63, 3.8) is 0 Å². The van der Waals surface area contributed by atoms with Gasteiger partial charge in [-0.25, -0.2) is 0 Å². The highest BCUT2D eigenvalue weighted by Crippen LogP contribution is 2.73. The van der Waals surface area contributed by atoms with Gasteiger partial charge in [-0.1, -0.05) is 204 Å². The van der Waals surface area contributed by atoms with E-state index in [1.54, 1.807) is 12.8 Å². The maximum atomic E-state index is 6.17. The van der Waals surface area contributed by atoms with E-state index < -0.39 is 0 Å². The summed E-state index contributed by atoms with van der Waals surface area (Å²) >= 11 is 0. The molecule has 0 heterocycles. The third kappa shape index (κ3) is 27.5. The highest BCUT2D eigenvalue weighted by molar-refractivity contribution is 5.17. The van der Waals surface area contributed by atoms with Crippen molar-refractivity contribution in [3.8, 4) is 0 Å². The first-order valence-corrected chi connectivity index (χ1v) is 60.2. The minimum atomic E-state index is 0.451. The van der Waals surface area contributed by atoms with Gasteiger partial charge in [-0.2, -0.15) is 0 Å². The second kappa shape index (κ2) is 52.1. The summed E-state index contributed by atoms with van der Waals surface area (Å²) in [6.07, 6.45) is 81.8. The first-order valence-electron chi connectivity index (χ1n) is 60.2. The quantitative estimate of drug-likeness (QED) is 0.0780. The van der Waals surface area contributed by atoms with E-state index in [-0.39, 0.29) is 0 Å². The first kappa shape index (κ1) is 110. The van der Waals surface area contributed by atoms with Crippen LogP contribution in [0.5, 0.6) is 0 Å². The van der Waals surface area contributed by atoms with Crippen LogP contribution >= 0.6 is 0 Å². The van der Waals surface area contributed by atoms with E-state index in [1.165, 1.54) is 334 Å². The van der Waals surface area contributed by atoms with Crippen molar-refractivity contribution >= 4 is 0 Å². The third-order valence-corrected chi connectivity index (χ3v) is 43.3. The van der Waals surface area contributed by atoms with E-state index in [9.17, 15) is 0 Å². The van der Waals surface area contributed by atoms with Crippen LogP contribution in [0.4, 0.5) is 0 Å². The molecule has 23 aliphatic rings. The highest BCUT2D eigenvalue weighted by Gasteiger charge is 2.69. The summed E-state index contributed by atoms with van der Waals surface area (Å²) in [6.45, 7) is 57.2. The maximum Gasteiger partial charge on any atom is 0.0661 e. The monoisotopic (exact) mass is 1860 g/mol. The smallest absolute Gasteiger partial charge is 0.0661 e. The fraction of sp³-hybridized carbons (Fsp3) is 1.00. The Labute approximate surface area is 823 Å². The average molecular weight is 1860 g/mol. The summed E-state index contributed by atoms with van der Waals surface area (Å²) in [5.41, 5.74) is 4.08. The van der Waals surface area contributed by atoms with E-state index in [4.69, 9.17) is 47.4 Å². The zero-order valence-corrected chi connectivity index (χ0v) is 91.5. The molecule has 23 aliphatic carbocycles. The molecule has 0 amide bonds. The Morgan fingerprint density at radius 2 is 0.617 bits per heavy atom. The minimum absolute atomic E-state index is 0.451. The van der Waals surface area contributed by atoms with Crippen molar-refractivity contribution in [2.45, 2.75) is 509 Å². The van der Waals surface area contributed by atoms with E-state index in [0.717, 1.165) is 229 Å². The normalized spacial score (nSPS) is 43.3. The second-order valence-electron chi connectivity index (χ2n) is 52.8. The molecule has 0 saturated heterocycles. The third-order valence-electron chi connectivity index (χ3n) is 43.3. The Kier molecular flexibility index (Phi) is 43.0. The Hall–Kier alpha value is -0.400. The lowest BCUT2D eigenvalue weighted by Crippen LogP contribution is -2.47. The molecule has 0 spiro atoms. The van der Waals surface area contributed by atoms with Gasteiger partial charge in [0.05, 0.1) is 63.6 Å². The van der Waals surface area contributed by atoms with Crippen LogP contribution in [0.1, 0.15) is 478 Å². The summed E-state index contributed by atoms with van der Waals surface area (Å²) in [4.78, 5) is 0. The van der Waals surface area contributed by atoms with Crippen molar-refractivity contribution in [1.29, 1.82) is 0 Å². The molecule has 0 N–H and O–H groups in total. The van der Waals surface area contributed by atoms with E-state index in [0.29, 0.717) is 73.8 Å². The molecule has 23 unspecified atom stereocenters. The Balaban J connectivity index is 0.000000126. The van der Waals surface area contributed by atoms with Crippen molar-refractivity contribution in [1.82, 2.24) is 0 Å². The topological polar surface area (TPSA) is 92.3 Å². The molecule has 0 aromatic rings. The molecule has 10 heteroatoms. The van der Waals surface area contributed by atoms with Crippen LogP contribution in [0.3, 0.4) is 0 Å². The molecule has 0 aromatic heterocycles. The van der Waals surface area contributed by atoms with Crippen LogP contribution in [-0.4, -0.2) is 130 Å². The molecule has 774 valence electrons. The van der Waals surface area contributed by atoms with Gasteiger partial charge >= 0.3 is 0 Å². The van der Waals surface area contributed by atoms with Gasteiger partial charge in [0.1, 0.15) is 0 Å². The van der Waals surface area contributed by atoms with Gasteiger partial charge in [0.25, 0.3) is 0 Å². The molecule has 23 rings (SSSR count). The lowest BCUT2D eigenvalue weighted by Gasteiger charge is -2.48. The Morgan fingerprint density at radius 3 is 1.15 bits per heavy atom. The summed E-state index contributed by atoms with van der Waals surface area (Å²) in [6, 6.07) is 0. The zero-order chi connectivity index (χ0) is 94.4. The van der Waals surface area contributed by atoms with Crippen molar-refractivity contribution in [2.24, 2.45) is 174 Å². The van der Waals surface area contributed by atoms with Gasteiger partial charge in [-0.05, 0) is 448 Å². The highest BCUT2D eigenvalue weighted by atomic mass is 16.5. The van der Waals surface area contributed by atoms with Crippen LogP contribution < -0.4 is 0 Å². The average Bonchev–Trinajstić information content (AvgIpc) is 1.52. The first-order chi connectivity index (χ1) is 64.2. The summed E-state index contributed by atoms with van der Waals surface area (Å²) in [7, 11) is 0. The predicted molar refractivity (Wildman–Crippen MR) is 556 cm³/mol. The molecule has 23 saturated carbocycles. The van der Waals surface area contributed by atoms with Gasteiger partial charge in [-0.15, -0.1) is 0 Å². The number of rotatable bonds is 26. The van der Waals surface area contributed by atoms with Crippen molar-refractivity contribution < 1.29 is 47.4 Å². The molecular weight excluding hydrogens is 1640 g/mol. The Bertz CT molecular complexity index is 3160. The molecule has 23 atom stereocenters. The Morgan fingerprint density at radius 1 is 0.233 bits per heavy atom. The summed E-state index contributed by atoms with van der Waals surface area (Å²) < 4.78 is 57.6. The molecule has 23 fully saturated rings. The molecule has 0 aromatic carbocycles. The molecule has 133 heavy (non-hydrogen) atoms. The van der Waals surface area contributed by atoms with Gasteiger partial charge in [0.2, 0.25) is 0 Å². The lowest BCUT2D eigenvalue weighted by molar-refractivity contribution is -0.0980. The van der Waals surface area contributed by atoms with Crippen LogP contribution in [0, 0.1) is 174 Å². The van der Waals surface area contributed by atoms with Crippen molar-refractivity contribution in [3.05, 3.63) is 0 Å². The number of hydrogen-bond donors (Lipinski definition) is 0. The molecule has 0 aliphatic heterocycles. The van der Waals surface area contributed by atoms with Crippen LogP contribution in [0.25, 0.3) is 0 Å². The summed E-state index contributed by atoms with van der Waals surface area (Å²) in [5, 5.41) is 0. The minimum Gasteiger partial charge on any atom is -0.381 e. The van der Waals surface area contributed by atoms with Crippen LogP contribution in [-0.2, 0) is 47.4 Å². The molecule has 0 radical (unpaired) electrons. The SMILES string of the molecule is CCOC1C2CC(C3C4CCC(C4)C23)C1(C)C.CCOC1C2CCC1(C)CC2(C)C.CCOC1C2CCC1C2.CCOC1C2CCC1CC2.CCOC1C2CCCC1CCC2.CCOCC1(C)CC2CCCC2C1.CCOCC1(C)CCC2CCCC21.CCOCC1(C)CCC2CCCCC2C1.CCOCC1(C)CCCC2CCCCC21.CCOCC1(C2CCCCC2)CCCCC1. The number of fused-ring (bicyclic) bond motifs is 20. The fourth-order valence-electron chi connectivity index (χ4n) is 37.1. The predicted octanol–water partition coefficient (Wildman–Crippen LogP) is 33.1. The zero-order valence-electron chi connectivity index (χ0n) is 91.5. The molecule has 12 bridgehead atoms. The van der Waals surface area contributed by atoms with Gasteiger partial charge in [0.15, 0.2) is 0 Å². The molecular formula is C123H222O10. The van der Waals surface area contributed by atoms with Crippen LogP contribution in [0.15, 0.2) is 0 Å². The molecule has 10 nitrogen and oxygen atoms in total. The van der Waals surface area contributed by atoms with Crippen LogP contribution in [0.2, 0.25) is 0 Å². The van der Waals surface area contributed by atoms with Gasteiger partial charge in [0, 0.05) is 66.1 Å². The maximum absolute atomic E-state index is 6.17. The summed E-state index contributed by atoms with van der Waals surface area (Å²) in [5.74, 6) is 21.8. The second-order valence-corrected chi connectivity index (χ2v) is 52.8. The standard InChI is InChI=1S/C16H26O.C15H28O.2C14H26O.3C12H22O.C11H20O.C9H16O.C8H14O/c1-4-17-15-11-8-12(16(15,2)3)14-10-6-5-9(7-10)13(11)14;1-2-16-13-15(11-7-4-8-12-15)14-9-5-3-6-10-14;1-3-15-11-14(2)10-6-8-12-7-4-5-9-13(12)14;1-3-15-11-14(2)9-8-12-6-4-5-7-13(12)10-14;1-5-13-10-9-6-7-12(10,4)8-11(9,2)3;1-3-13-9-12(2)7-10-5-4-6-11(10)8-12;1-3-13-9-12(2)8-7-10-5-4-6-11(10)12;1-2-12-11-9-5-3-6-10(11)8-4-7-9;1-2-10-9-7-3-4-8(9)6-5-7;1-2-9-8-6-3-4-7(8)5-6/h9-15H,4-8H2,1-3H3;14H,2-13H2,1H3;2*12-13H,3-11H2,1-2H3;9-10H,5-8H2,1-4H3;2*10-11H,3-9H2,1-2H3;9-11H,2-8H2,1H3;7-9H,2-6H2,1H3;6-8H,2-5H2,1H3. The largest absolute Gasteiger partial charge is 0.381 e. The van der Waals surface area contributed by atoms with E-state index >= 15 is 0 Å². The van der Waals surface area contributed by atoms with E-state index in [1.807, 2.05) is 0 Å². The number of ether oxygens (including phenoxy) is 10. The van der Waals surface area contributed by atoms with Crippen molar-refractivity contribution in [2.75, 3.05) is 99.1 Å². The lowest BCUT2D eigenvalue weighted by atomic mass is 9.58.